The van der Waals surface area contributed by atoms with Crippen LogP contribution in [0.15, 0.2) is 0 Å². The van der Waals surface area contributed by atoms with Crippen LogP contribution < -0.4 is 0 Å². The van der Waals surface area contributed by atoms with Crippen molar-refractivity contribution in [3.05, 3.63) is 10.1 Å². The molecule has 1 fully saturated rings. The lowest BCUT2D eigenvalue weighted by molar-refractivity contribution is -0.518. The summed E-state index contributed by atoms with van der Waals surface area (Å²) >= 11 is 0. The highest BCUT2D eigenvalue weighted by atomic mass is 16.6. The van der Waals surface area contributed by atoms with Gasteiger partial charge in [-0.2, -0.15) is 0 Å². The lowest BCUT2D eigenvalue weighted by atomic mass is 10.3. The Morgan fingerprint density at radius 2 is 2.07 bits per heavy atom. The Morgan fingerprint density at radius 3 is 2.71 bits per heavy atom. The van der Waals surface area contributed by atoms with E-state index in [1.54, 1.807) is 6.92 Å². The molecular formula is C9H19N3O2. The molecule has 14 heavy (non-hydrogen) atoms. The quantitative estimate of drug-likeness (QED) is 0.486. The van der Waals surface area contributed by atoms with Gasteiger partial charge < -0.3 is 4.90 Å². The van der Waals surface area contributed by atoms with Crippen LogP contribution in [0.5, 0.6) is 0 Å². The molecule has 5 nitrogen and oxygen atoms in total. The largest absolute Gasteiger partial charge is 0.305 e. The molecule has 0 bridgehead atoms. The standard InChI is InChI=1S/C9H19N3O2/c1-9(12(13)14)8-11-5-3-4-10(2)6-7-11/h9H,3-8H2,1-2H3. The number of likely N-dealkylation sites (N-methyl/N-ethyl adjacent to an activating group) is 1. The van der Waals surface area contributed by atoms with Crippen molar-refractivity contribution in [1.82, 2.24) is 9.80 Å². The summed E-state index contributed by atoms with van der Waals surface area (Å²) in [6.45, 7) is 6.32. The van der Waals surface area contributed by atoms with Gasteiger partial charge in [0.05, 0.1) is 6.54 Å². The smallest absolute Gasteiger partial charge is 0.222 e. The van der Waals surface area contributed by atoms with E-state index in [0.29, 0.717) is 6.54 Å². The minimum Gasteiger partial charge on any atom is -0.305 e. The third-order valence-corrected chi connectivity index (χ3v) is 2.69. The van der Waals surface area contributed by atoms with E-state index >= 15 is 0 Å². The lowest BCUT2D eigenvalue weighted by Crippen LogP contribution is -2.37. The summed E-state index contributed by atoms with van der Waals surface area (Å²) in [5, 5.41) is 10.5. The Hall–Kier alpha value is -0.680. The van der Waals surface area contributed by atoms with E-state index in [4.69, 9.17) is 0 Å². The van der Waals surface area contributed by atoms with Crippen LogP contribution in [-0.2, 0) is 0 Å². The average Bonchev–Trinajstić information content (AvgIpc) is 2.31. The van der Waals surface area contributed by atoms with Crippen molar-refractivity contribution >= 4 is 0 Å². The molecule has 82 valence electrons. The van der Waals surface area contributed by atoms with Gasteiger partial charge in [0.25, 0.3) is 0 Å². The van der Waals surface area contributed by atoms with Crippen molar-refractivity contribution in [1.29, 1.82) is 0 Å². The van der Waals surface area contributed by atoms with Crippen LogP contribution in [0.4, 0.5) is 0 Å². The molecule has 0 aromatic heterocycles. The first-order valence-electron chi connectivity index (χ1n) is 5.14. The number of nitro groups is 1. The lowest BCUT2D eigenvalue weighted by Gasteiger charge is -2.20. The van der Waals surface area contributed by atoms with Crippen LogP contribution in [0.25, 0.3) is 0 Å². The summed E-state index contributed by atoms with van der Waals surface area (Å²) < 4.78 is 0. The zero-order valence-electron chi connectivity index (χ0n) is 8.98. The molecule has 0 radical (unpaired) electrons. The second-order valence-corrected chi connectivity index (χ2v) is 4.09. The molecule has 1 aliphatic rings. The van der Waals surface area contributed by atoms with Crippen LogP contribution in [-0.4, -0.2) is 60.5 Å². The van der Waals surface area contributed by atoms with Crippen molar-refractivity contribution in [2.75, 3.05) is 39.8 Å². The van der Waals surface area contributed by atoms with Crippen molar-refractivity contribution in [2.45, 2.75) is 19.4 Å². The first kappa shape index (κ1) is 11.4. The molecular weight excluding hydrogens is 182 g/mol. The second kappa shape index (κ2) is 5.26. The summed E-state index contributed by atoms with van der Waals surface area (Å²) in [4.78, 5) is 14.8. The predicted molar refractivity (Wildman–Crippen MR) is 55.0 cm³/mol. The van der Waals surface area contributed by atoms with E-state index in [0.717, 1.165) is 32.6 Å². The first-order valence-corrected chi connectivity index (χ1v) is 5.14. The summed E-state index contributed by atoms with van der Waals surface area (Å²) in [6.07, 6.45) is 1.11. The van der Waals surface area contributed by atoms with E-state index in [1.165, 1.54) is 0 Å². The summed E-state index contributed by atoms with van der Waals surface area (Å²) in [7, 11) is 2.10. The van der Waals surface area contributed by atoms with Gasteiger partial charge in [-0.1, -0.05) is 0 Å². The van der Waals surface area contributed by atoms with Crippen LogP contribution in [0.1, 0.15) is 13.3 Å². The van der Waals surface area contributed by atoms with Crippen LogP contribution >= 0.6 is 0 Å². The van der Waals surface area contributed by atoms with Crippen LogP contribution in [0.3, 0.4) is 0 Å². The zero-order valence-corrected chi connectivity index (χ0v) is 8.98. The van der Waals surface area contributed by atoms with Crippen LogP contribution in [0, 0.1) is 10.1 Å². The van der Waals surface area contributed by atoms with Gasteiger partial charge in [-0.25, -0.2) is 0 Å². The Morgan fingerprint density at radius 1 is 1.36 bits per heavy atom. The molecule has 0 saturated carbocycles. The Labute approximate surface area is 84.8 Å². The highest BCUT2D eigenvalue weighted by molar-refractivity contribution is 4.68. The van der Waals surface area contributed by atoms with Crippen molar-refractivity contribution < 1.29 is 4.92 Å². The Bertz CT molecular complexity index is 198. The highest BCUT2D eigenvalue weighted by Gasteiger charge is 2.19. The normalized spacial score (nSPS) is 23.0. The Kier molecular flexibility index (Phi) is 4.28. The first-order chi connectivity index (χ1) is 6.59. The molecule has 0 aliphatic carbocycles. The average molecular weight is 201 g/mol. The van der Waals surface area contributed by atoms with Gasteiger partial charge in [-0.05, 0) is 26.6 Å². The molecule has 0 aromatic rings. The molecule has 0 amide bonds. The fourth-order valence-corrected chi connectivity index (χ4v) is 1.72. The SMILES string of the molecule is CC(CN1CCCN(C)CC1)[N+](=O)[O-]. The van der Waals surface area contributed by atoms with Gasteiger partial charge in [0.1, 0.15) is 0 Å². The number of nitrogens with zero attached hydrogens (tertiary/aromatic N) is 3. The van der Waals surface area contributed by atoms with E-state index in [2.05, 4.69) is 16.8 Å². The number of rotatable bonds is 3. The minimum absolute atomic E-state index is 0.200. The molecule has 1 saturated heterocycles. The minimum atomic E-state index is -0.446. The van der Waals surface area contributed by atoms with Crippen LogP contribution in [0.2, 0.25) is 0 Å². The summed E-state index contributed by atoms with van der Waals surface area (Å²) in [5.74, 6) is 0. The predicted octanol–water partition coefficient (Wildman–Crippen LogP) is 0.289. The monoisotopic (exact) mass is 201 g/mol. The van der Waals surface area contributed by atoms with Crippen molar-refractivity contribution in [3.63, 3.8) is 0 Å². The molecule has 0 aromatic carbocycles. The molecule has 1 unspecified atom stereocenters. The third kappa shape index (κ3) is 3.59. The summed E-state index contributed by atoms with van der Waals surface area (Å²) in [5.41, 5.74) is 0. The molecule has 0 spiro atoms. The van der Waals surface area contributed by atoms with E-state index in [1.807, 2.05) is 0 Å². The molecule has 1 rings (SSSR count). The topological polar surface area (TPSA) is 49.6 Å². The molecule has 1 heterocycles. The molecule has 1 aliphatic heterocycles. The van der Waals surface area contributed by atoms with Gasteiger partial charge in [0.15, 0.2) is 0 Å². The summed E-state index contributed by atoms with van der Waals surface area (Å²) in [6, 6.07) is -0.446. The van der Waals surface area contributed by atoms with E-state index < -0.39 is 6.04 Å². The molecule has 0 N–H and O–H groups in total. The van der Waals surface area contributed by atoms with Crippen molar-refractivity contribution in [3.8, 4) is 0 Å². The van der Waals surface area contributed by atoms with Gasteiger partial charge >= 0.3 is 0 Å². The third-order valence-electron chi connectivity index (χ3n) is 2.69. The highest BCUT2D eigenvalue weighted by Crippen LogP contribution is 2.02. The maximum absolute atomic E-state index is 10.5. The maximum atomic E-state index is 10.5. The molecule has 5 heteroatoms. The van der Waals surface area contributed by atoms with E-state index in [-0.39, 0.29) is 4.92 Å². The zero-order chi connectivity index (χ0) is 10.6. The maximum Gasteiger partial charge on any atom is 0.222 e. The van der Waals surface area contributed by atoms with E-state index in [9.17, 15) is 10.1 Å². The number of hydrogen-bond acceptors (Lipinski definition) is 4. The van der Waals surface area contributed by atoms with Gasteiger partial charge in [-0.3, -0.25) is 15.0 Å². The van der Waals surface area contributed by atoms with Gasteiger partial charge in [0.2, 0.25) is 6.04 Å². The fourth-order valence-electron chi connectivity index (χ4n) is 1.72. The molecule has 1 atom stereocenters. The second-order valence-electron chi connectivity index (χ2n) is 4.09. The van der Waals surface area contributed by atoms with Gasteiger partial charge in [0, 0.05) is 24.9 Å². The van der Waals surface area contributed by atoms with Crippen molar-refractivity contribution in [2.24, 2.45) is 0 Å². The fraction of sp³-hybridized carbons (Fsp3) is 1.00. The Balaban J connectivity index is 2.33. The van der Waals surface area contributed by atoms with Gasteiger partial charge in [-0.15, -0.1) is 0 Å². The number of hydrogen-bond donors (Lipinski definition) is 0.